The number of para-hydroxylation sites is 1. The lowest BCUT2D eigenvalue weighted by Crippen LogP contribution is -2.39. The summed E-state index contributed by atoms with van der Waals surface area (Å²) in [6.07, 6.45) is 0.207. The van der Waals surface area contributed by atoms with Gasteiger partial charge in [-0.3, -0.25) is 14.7 Å². The number of aromatic amines is 1. The first-order chi connectivity index (χ1) is 10.1. The molecule has 21 heavy (non-hydrogen) atoms. The molecule has 0 saturated heterocycles. The molecule has 112 valence electrons. The van der Waals surface area contributed by atoms with Gasteiger partial charge in [0.2, 0.25) is 5.91 Å². The van der Waals surface area contributed by atoms with Crippen LogP contribution in [0.3, 0.4) is 0 Å². The van der Waals surface area contributed by atoms with Gasteiger partial charge in [-0.1, -0.05) is 18.2 Å². The molecule has 1 heterocycles. The van der Waals surface area contributed by atoms with E-state index in [1.54, 1.807) is 0 Å². The summed E-state index contributed by atoms with van der Waals surface area (Å²) < 4.78 is 0. The maximum atomic E-state index is 12.0. The first kappa shape index (κ1) is 15.0. The Hall–Kier alpha value is -2.41. The van der Waals surface area contributed by atoms with Crippen molar-refractivity contribution in [2.75, 3.05) is 13.1 Å². The van der Waals surface area contributed by atoms with Gasteiger partial charge in [-0.25, -0.2) is 0 Å². The Morgan fingerprint density at radius 3 is 2.90 bits per heavy atom. The number of nitrogens with one attached hydrogen (secondary N) is 3. The van der Waals surface area contributed by atoms with E-state index in [9.17, 15) is 9.59 Å². The summed E-state index contributed by atoms with van der Waals surface area (Å²) in [5.41, 5.74) is 6.56. The van der Waals surface area contributed by atoms with Crippen LogP contribution in [0.25, 0.3) is 10.9 Å². The molecule has 2 aromatic rings. The van der Waals surface area contributed by atoms with Crippen LogP contribution in [0, 0.1) is 0 Å². The maximum Gasteiger partial charge on any atom is 0.272 e. The van der Waals surface area contributed by atoms with Crippen molar-refractivity contribution < 1.29 is 9.59 Å². The molecule has 0 unspecified atom stereocenters. The normalized spacial score (nSPS) is 12.1. The molecule has 0 aliphatic rings. The third-order valence-electron chi connectivity index (χ3n) is 3.08. The minimum Gasteiger partial charge on any atom is -0.352 e. The number of fused-ring (bicyclic) bond motifs is 1. The van der Waals surface area contributed by atoms with E-state index in [0.717, 1.165) is 10.9 Å². The first-order valence-electron chi connectivity index (χ1n) is 6.82. The lowest BCUT2D eigenvalue weighted by Gasteiger charge is -2.11. The van der Waals surface area contributed by atoms with E-state index in [-0.39, 0.29) is 30.8 Å². The summed E-state index contributed by atoms with van der Waals surface area (Å²) in [7, 11) is 0. The van der Waals surface area contributed by atoms with Crippen molar-refractivity contribution in [3.05, 3.63) is 30.0 Å². The minimum absolute atomic E-state index is 0.0662. The molecule has 0 fully saturated rings. The number of hydrogen-bond acceptors (Lipinski definition) is 4. The molecule has 2 amide bonds. The summed E-state index contributed by atoms with van der Waals surface area (Å²) in [5, 5.41) is 13.0. The lowest BCUT2D eigenvalue weighted by atomic mass is 10.2. The van der Waals surface area contributed by atoms with Crippen LogP contribution in [0.4, 0.5) is 0 Å². The highest BCUT2D eigenvalue weighted by molar-refractivity contribution is 6.04. The second kappa shape index (κ2) is 6.85. The standard InChI is InChI=1S/C14H19N5O2/c1-9(8-15)17-12(20)6-7-16-14(21)13-10-4-2-3-5-11(10)18-19-13/h2-5,9H,6-8,15H2,1H3,(H,16,21)(H,17,20)(H,18,19)/t9-/m0/s1. The highest BCUT2D eigenvalue weighted by Gasteiger charge is 2.13. The van der Waals surface area contributed by atoms with Gasteiger partial charge < -0.3 is 16.4 Å². The molecule has 0 saturated carbocycles. The Labute approximate surface area is 122 Å². The molecule has 0 aliphatic carbocycles. The Bertz CT molecular complexity index is 637. The van der Waals surface area contributed by atoms with Crippen LogP contribution in [-0.4, -0.2) is 41.1 Å². The molecule has 7 heteroatoms. The van der Waals surface area contributed by atoms with Crippen LogP contribution >= 0.6 is 0 Å². The van der Waals surface area contributed by atoms with E-state index >= 15 is 0 Å². The molecule has 7 nitrogen and oxygen atoms in total. The quantitative estimate of drug-likeness (QED) is 0.606. The molecular weight excluding hydrogens is 270 g/mol. The van der Waals surface area contributed by atoms with Crippen LogP contribution in [0.5, 0.6) is 0 Å². The summed E-state index contributed by atoms with van der Waals surface area (Å²) in [6, 6.07) is 7.31. The molecule has 2 rings (SSSR count). The number of H-pyrrole nitrogens is 1. The van der Waals surface area contributed by atoms with E-state index in [2.05, 4.69) is 20.8 Å². The fourth-order valence-electron chi connectivity index (χ4n) is 1.92. The molecule has 0 spiro atoms. The zero-order chi connectivity index (χ0) is 15.2. The molecular formula is C14H19N5O2. The highest BCUT2D eigenvalue weighted by Crippen LogP contribution is 2.14. The molecule has 5 N–H and O–H groups in total. The van der Waals surface area contributed by atoms with Crippen molar-refractivity contribution in [3.8, 4) is 0 Å². The number of rotatable bonds is 6. The fraction of sp³-hybridized carbons (Fsp3) is 0.357. The van der Waals surface area contributed by atoms with Crippen molar-refractivity contribution in [3.63, 3.8) is 0 Å². The van der Waals surface area contributed by atoms with Gasteiger partial charge in [0, 0.05) is 30.9 Å². The van der Waals surface area contributed by atoms with Crippen molar-refractivity contribution in [2.45, 2.75) is 19.4 Å². The topological polar surface area (TPSA) is 113 Å². The van der Waals surface area contributed by atoms with E-state index in [0.29, 0.717) is 12.2 Å². The second-order valence-electron chi connectivity index (χ2n) is 4.83. The zero-order valence-corrected chi connectivity index (χ0v) is 11.8. The Kier molecular flexibility index (Phi) is 4.89. The number of hydrogen-bond donors (Lipinski definition) is 4. The monoisotopic (exact) mass is 289 g/mol. The SMILES string of the molecule is C[C@@H](CN)NC(=O)CCNC(=O)c1n[nH]c2ccccc12. The number of carbonyl (C=O) groups is 2. The Balaban J connectivity index is 1.86. The zero-order valence-electron chi connectivity index (χ0n) is 11.8. The summed E-state index contributed by atoms with van der Waals surface area (Å²) in [5.74, 6) is -0.438. The number of aromatic nitrogens is 2. The lowest BCUT2D eigenvalue weighted by molar-refractivity contribution is -0.121. The van der Waals surface area contributed by atoms with Crippen molar-refractivity contribution >= 4 is 22.7 Å². The summed E-state index contributed by atoms with van der Waals surface area (Å²) >= 11 is 0. The molecule has 0 bridgehead atoms. The smallest absolute Gasteiger partial charge is 0.272 e. The second-order valence-corrected chi connectivity index (χ2v) is 4.83. The largest absolute Gasteiger partial charge is 0.352 e. The van der Waals surface area contributed by atoms with Gasteiger partial charge >= 0.3 is 0 Å². The predicted molar refractivity (Wildman–Crippen MR) is 79.7 cm³/mol. The minimum atomic E-state index is -0.299. The number of nitrogens with two attached hydrogens (primary N) is 1. The number of carbonyl (C=O) groups excluding carboxylic acids is 2. The highest BCUT2D eigenvalue weighted by atomic mass is 16.2. The van der Waals surface area contributed by atoms with Crippen molar-refractivity contribution in [1.82, 2.24) is 20.8 Å². The average molecular weight is 289 g/mol. The summed E-state index contributed by atoms with van der Waals surface area (Å²) in [6.45, 7) is 2.47. The Morgan fingerprint density at radius 2 is 2.14 bits per heavy atom. The van der Waals surface area contributed by atoms with E-state index < -0.39 is 0 Å². The Morgan fingerprint density at radius 1 is 1.38 bits per heavy atom. The van der Waals surface area contributed by atoms with Crippen LogP contribution in [0.15, 0.2) is 24.3 Å². The van der Waals surface area contributed by atoms with Crippen molar-refractivity contribution in [1.29, 1.82) is 0 Å². The van der Waals surface area contributed by atoms with Gasteiger partial charge in [-0.05, 0) is 13.0 Å². The molecule has 1 aromatic heterocycles. The van der Waals surface area contributed by atoms with E-state index in [1.807, 2.05) is 31.2 Å². The van der Waals surface area contributed by atoms with Gasteiger partial charge in [0.15, 0.2) is 5.69 Å². The predicted octanol–water partition coefficient (Wildman–Crippen LogP) is 0.146. The number of benzene rings is 1. The van der Waals surface area contributed by atoms with Crippen LogP contribution in [-0.2, 0) is 4.79 Å². The van der Waals surface area contributed by atoms with Gasteiger partial charge in [-0.2, -0.15) is 5.10 Å². The van der Waals surface area contributed by atoms with Crippen LogP contribution in [0.2, 0.25) is 0 Å². The molecule has 1 atom stereocenters. The third kappa shape index (κ3) is 3.79. The molecule has 0 radical (unpaired) electrons. The van der Waals surface area contributed by atoms with Gasteiger partial charge in [0.1, 0.15) is 0 Å². The first-order valence-corrected chi connectivity index (χ1v) is 6.82. The van der Waals surface area contributed by atoms with Crippen LogP contribution < -0.4 is 16.4 Å². The van der Waals surface area contributed by atoms with Gasteiger partial charge in [-0.15, -0.1) is 0 Å². The third-order valence-corrected chi connectivity index (χ3v) is 3.08. The van der Waals surface area contributed by atoms with Gasteiger partial charge in [0.05, 0.1) is 5.52 Å². The maximum absolute atomic E-state index is 12.0. The van der Waals surface area contributed by atoms with E-state index in [4.69, 9.17) is 5.73 Å². The van der Waals surface area contributed by atoms with E-state index in [1.165, 1.54) is 0 Å². The molecule has 0 aliphatic heterocycles. The number of nitrogens with zero attached hydrogens (tertiary/aromatic N) is 1. The fourth-order valence-corrected chi connectivity index (χ4v) is 1.92. The number of amides is 2. The molecule has 1 aromatic carbocycles. The van der Waals surface area contributed by atoms with Gasteiger partial charge in [0.25, 0.3) is 5.91 Å². The summed E-state index contributed by atoms with van der Waals surface area (Å²) in [4.78, 5) is 23.6. The van der Waals surface area contributed by atoms with Crippen LogP contribution in [0.1, 0.15) is 23.8 Å². The average Bonchev–Trinajstić information content (AvgIpc) is 2.91. The van der Waals surface area contributed by atoms with Crippen molar-refractivity contribution in [2.24, 2.45) is 5.73 Å².